The van der Waals surface area contributed by atoms with Crippen molar-refractivity contribution in [1.29, 1.82) is 0 Å². The predicted octanol–water partition coefficient (Wildman–Crippen LogP) is 4.57. The minimum atomic E-state index is -0.138. The number of carbonyl (C=O) groups is 1. The van der Waals surface area contributed by atoms with E-state index < -0.39 is 0 Å². The van der Waals surface area contributed by atoms with Gasteiger partial charge in [0, 0.05) is 22.9 Å². The van der Waals surface area contributed by atoms with Gasteiger partial charge in [0.25, 0.3) is 0 Å². The average Bonchev–Trinajstić information content (AvgIpc) is 2.70. The van der Waals surface area contributed by atoms with Gasteiger partial charge in [0.15, 0.2) is 0 Å². The first-order valence-corrected chi connectivity index (χ1v) is 7.87. The molecule has 2 nitrogen and oxygen atoms in total. The van der Waals surface area contributed by atoms with Crippen molar-refractivity contribution in [3.63, 3.8) is 0 Å². The second-order valence-corrected chi connectivity index (χ2v) is 7.34. The van der Waals surface area contributed by atoms with Crippen molar-refractivity contribution in [2.45, 2.75) is 32.7 Å². The SMILES string of the molecule is CC(Cl)/C=C/C(=O)N(Cc1ccc(Cl)s1)CC(C)C. The summed E-state index contributed by atoms with van der Waals surface area (Å²) in [4.78, 5) is 15.1. The number of carbonyl (C=O) groups excluding carboxylic acids is 1. The van der Waals surface area contributed by atoms with Crippen LogP contribution in [-0.4, -0.2) is 22.7 Å². The summed E-state index contributed by atoms with van der Waals surface area (Å²) in [6.07, 6.45) is 3.26. The molecular weight excluding hydrogens is 301 g/mol. The van der Waals surface area contributed by atoms with E-state index in [9.17, 15) is 4.79 Å². The highest BCUT2D eigenvalue weighted by molar-refractivity contribution is 7.16. The molecular formula is C14H19Cl2NOS. The molecule has 0 fully saturated rings. The highest BCUT2D eigenvalue weighted by Gasteiger charge is 2.14. The van der Waals surface area contributed by atoms with Gasteiger partial charge in [0.2, 0.25) is 5.91 Å². The molecule has 1 atom stereocenters. The van der Waals surface area contributed by atoms with Crippen LogP contribution in [0.1, 0.15) is 25.6 Å². The molecule has 1 aromatic rings. The molecule has 1 unspecified atom stereocenters. The molecule has 0 aromatic carbocycles. The van der Waals surface area contributed by atoms with E-state index in [1.165, 1.54) is 11.3 Å². The molecule has 1 rings (SSSR count). The lowest BCUT2D eigenvalue weighted by molar-refractivity contribution is -0.127. The van der Waals surface area contributed by atoms with Crippen LogP contribution in [0.25, 0.3) is 0 Å². The number of allylic oxidation sites excluding steroid dienone is 1. The van der Waals surface area contributed by atoms with Gasteiger partial charge in [-0.25, -0.2) is 0 Å². The van der Waals surface area contributed by atoms with Crippen LogP contribution in [-0.2, 0) is 11.3 Å². The number of nitrogens with zero attached hydrogens (tertiary/aromatic N) is 1. The molecule has 0 bridgehead atoms. The summed E-state index contributed by atoms with van der Waals surface area (Å²) < 4.78 is 0.747. The maximum Gasteiger partial charge on any atom is 0.246 e. The van der Waals surface area contributed by atoms with Crippen LogP contribution in [0, 0.1) is 5.92 Å². The Morgan fingerprint density at radius 1 is 1.42 bits per heavy atom. The minimum Gasteiger partial charge on any atom is -0.334 e. The summed E-state index contributed by atoms with van der Waals surface area (Å²) in [7, 11) is 0. The summed E-state index contributed by atoms with van der Waals surface area (Å²) in [6, 6.07) is 3.82. The van der Waals surface area contributed by atoms with Crippen LogP contribution >= 0.6 is 34.5 Å². The molecule has 0 aliphatic carbocycles. The maximum absolute atomic E-state index is 12.1. The number of rotatable bonds is 6. The molecule has 19 heavy (non-hydrogen) atoms. The standard InChI is InChI=1S/C14H19Cl2NOS/c1-10(2)8-17(14(18)7-4-11(3)15)9-12-5-6-13(16)19-12/h4-7,10-11H,8-9H2,1-3H3/b7-4+. The molecule has 106 valence electrons. The van der Waals surface area contributed by atoms with Crippen molar-refractivity contribution >= 4 is 40.4 Å². The van der Waals surface area contributed by atoms with Gasteiger partial charge >= 0.3 is 0 Å². The summed E-state index contributed by atoms with van der Waals surface area (Å²) in [5, 5.41) is -0.138. The summed E-state index contributed by atoms with van der Waals surface area (Å²) in [5.74, 6) is 0.409. The van der Waals surface area contributed by atoms with Gasteiger partial charge in [0.1, 0.15) is 0 Å². The topological polar surface area (TPSA) is 20.3 Å². The molecule has 1 aromatic heterocycles. The van der Waals surface area contributed by atoms with E-state index in [4.69, 9.17) is 23.2 Å². The number of alkyl halides is 1. The number of halogens is 2. The smallest absolute Gasteiger partial charge is 0.246 e. The fraction of sp³-hybridized carbons (Fsp3) is 0.500. The molecule has 0 saturated carbocycles. The summed E-state index contributed by atoms with van der Waals surface area (Å²) in [6.45, 7) is 7.33. The first kappa shape index (κ1) is 16.5. The molecule has 0 N–H and O–H groups in total. The fourth-order valence-corrected chi connectivity index (χ4v) is 2.79. The summed E-state index contributed by atoms with van der Waals surface area (Å²) >= 11 is 13.2. The van der Waals surface area contributed by atoms with E-state index in [0.29, 0.717) is 12.5 Å². The lowest BCUT2D eigenvalue weighted by Gasteiger charge is -2.22. The van der Waals surface area contributed by atoms with Crippen molar-refractivity contribution in [3.8, 4) is 0 Å². The van der Waals surface area contributed by atoms with Crippen LogP contribution in [0.2, 0.25) is 4.34 Å². The second-order valence-electron chi connectivity index (χ2n) is 4.86. The van der Waals surface area contributed by atoms with Gasteiger partial charge < -0.3 is 4.90 Å². The Morgan fingerprint density at radius 3 is 2.58 bits per heavy atom. The Kier molecular flexibility index (Phi) is 6.90. The van der Waals surface area contributed by atoms with Crippen molar-refractivity contribution in [2.75, 3.05) is 6.54 Å². The molecule has 0 aliphatic rings. The quantitative estimate of drug-likeness (QED) is 0.555. The zero-order valence-electron chi connectivity index (χ0n) is 11.4. The van der Waals surface area contributed by atoms with Crippen molar-refractivity contribution < 1.29 is 4.79 Å². The fourth-order valence-electron chi connectivity index (χ4n) is 1.62. The average molecular weight is 320 g/mol. The zero-order valence-corrected chi connectivity index (χ0v) is 13.7. The van der Waals surface area contributed by atoms with E-state index in [1.54, 1.807) is 12.2 Å². The first-order valence-electron chi connectivity index (χ1n) is 6.24. The third kappa shape index (κ3) is 6.46. The number of thiophene rings is 1. The second kappa shape index (κ2) is 7.93. The normalized spacial score (nSPS) is 13.2. The van der Waals surface area contributed by atoms with Crippen molar-refractivity contribution in [1.82, 2.24) is 4.90 Å². The van der Waals surface area contributed by atoms with E-state index in [1.807, 2.05) is 24.0 Å². The maximum atomic E-state index is 12.1. The molecule has 0 aliphatic heterocycles. The Hall–Kier alpha value is -0.510. The Balaban J connectivity index is 2.73. The van der Waals surface area contributed by atoms with Gasteiger partial charge in [-0.2, -0.15) is 0 Å². The monoisotopic (exact) mass is 319 g/mol. The molecule has 1 heterocycles. The highest BCUT2D eigenvalue weighted by atomic mass is 35.5. The Morgan fingerprint density at radius 2 is 2.11 bits per heavy atom. The van der Waals surface area contributed by atoms with Crippen LogP contribution in [0.3, 0.4) is 0 Å². The molecule has 5 heteroatoms. The van der Waals surface area contributed by atoms with E-state index >= 15 is 0 Å². The predicted molar refractivity (Wildman–Crippen MR) is 84.0 cm³/mol. The lowest BCUT2D eigenvalue weighted by atomic mass is 10.2. The molecule has 1 amide bonds. The lowest BCUT2D eigenvalue weighted by Crippen LogP contribution is -2.32. The number of hydrogen-bond donors (Lipinski definition) is 0. The zero-order chi connectivity index (χ0) is 14.4. The van der Waals surface area contributed by atoms with E-state index in [0.717, 1.165) is 15.8 Å². The van der Waals surface area contributed by atoms with E-state index in [-0.39, 0.29) is 11.3 Å². The van der Waals surface area contributed by atoms with Crippen LogP contribution in [0.5, 0.6) is 0 Å². The summed E-state index contributed by atoms with van der Waals surface area (Å²) in [5.41, 5.74) is 0. The largest absolute Gasteiger partial charge is 0.334 e. The Bertz CT molecular complexity index is 440. The molecule has 0 saturated heterocycles. The Labute approximate surface area is 129 Å². The third-order valence-electron chi connectivity index (χ3n) is 2.38. The van der Waals surface area contributed by atoms with Crippen LogP contribution in [0.15, 0.2) is 24.3 Å². The van der Waals surface area contributed by atoms with Crippen LogP contribution in [0.4, 0.5) is 0 Å². The molecule has 0 radical (unpaired) electrons. The number of hydrogen-bond acceptors (Lipinski definition) is 2. The van der Waals surface area contributed by atoms with Gasteiger partial charge in [-0.05, 0) is 25.0 Å². The highest BCUT2D eigenvalue weighted by Crippen LogP contribution is 2.23. The van der Waals surface area contributed by atoms with Gasteiger partial charge in [-0.3, -0.25) is 4.79 Å². The first-order chi connectivity index (χ1) is 8.88. The van der Waals surface area contributed by atoms with Gasteiger partial charge in [-0.1, -0.05) is 31.5 Å². The van der Waals surface area contributed by atoms with Crippen LogP contribution < -0.4 is 0 Å². The van der Waals surface area contributed by atoms with Crippen molar-refractivity contribution in [2.24, 2.45) is 5.92 Å². The number of amides is 1. The van der Waals surface area contributed by atoms with Crippen molar-refractivity contribution in [3.05, 3.63) is 33.5 Å². The minimum absolute atomic E-state index is 0.00859. The van der Waals surface area contributed by atoms with E-state index in [2.05, 4.69) is 13.8 Å². The van der Waals surface area contributed by atoms with Gasteiger partial charge in [0.05, 0.1) is 10.9 Å². The molecule has 0 spiro atoms. The van der Waals surface area contributed by atoms with Gasteiger partial charge in [-0.15, -0.1) is 22.9 Å². The third-order valence-corrected chi connectivity index (χ3v) is 3.74.